The quantitative estimate of drug-likeness (QED) is 0.821. The lowest BCUT2D eigenvalue weighted by Gasteiger charge is -2.47. The van der Waals surface area contributed by atoms with E-state index in [-0.39, 0.29) is 29.7 Å². The van der Waals surface area contributed by atoms with E-state index >= 15 is 0 Å². The van der Waals surface area contributed by atoms with Gasteiger partial charge >= 0.3 is 0 Å². The molecule has 1 aromatic carbocycles. The van der Waals surface area contributed by atoms with Crippen molar-refractivity contribution in [2.75, 3.05) is 18.5 Å². The lowest BCUT2D eigenvalue weighted by Crippen LogP contribution is -2.60. The summed E-state index contributed by atoms with van der Waals surface area (Å²) in [6.45, 7) is 7.96. The zero-order chi connectivity index (χ0) is 19.1. The highest BCUT2D eigenvalue weighted by molar-refractivity contribution is 6.07. The maximum atomic E-state index is 13.0. The third-order valence-corrected chi connectivity index (χ3v) is 6.27. The molecule has 2 aliphatic rings. The highest BCUT2D eigenvalue weighted by Crippen LogP contribution is 2.59. The number of amides is 3. The molecule has 6 nitrogen and oxygen atoms in total. The van der Waals surface area contributed by atoms with Gasteiger partial charge in [0.05, 0.1) is 17.7 Å². The number of nitrogens with one attached hydrogen (secondary N) is 1. The maximum absolute atomic E-state index is 13.0. The summed E-state index contributed by atoms with van der Waals surface area (Å²) in [4.78, 5) is 39.5. The number of hydrogen-bond acceptors (Lipinski definition) is 4. The standard InChI is InChI=1S/C20H26N2O4/c1-5-26-15-9-7-6-8-14(15)21-16(23)12-22-17(24)13-10-11-20(4,18(22)25)19(13,2)3/h6-9,13H,5,10-12H2,1-4H3,(H,21,23). The average molecular weight is 358 g/mol. The van der Waals surface area contributed by atoms with Gasteiger partial charge < -0.3 is 10.1 Å². The maximum Gasteiger partial charge on any atom is 0.244 e. The zero-order valence-electron chi connectivity index (χ0n) is 15.8. The number of benzene rings is 1. The van der Waals surface area contributed by atoms with E-state index in [1.165, 1.54) is 0 Å². The fourth-order valence-electron chi connectivity index (χ4n) is 4.24. The Kier molecular flexibility index (Phi) is 4.54. The van der Waals surface area contributed by atoms with Crippen LogP contribution in [-0.4, -0.2) is 35.8 Å². The molecule has 1 heterocycles. The zero-order valence-corrected chi connectivity index (χ0v) is 15.8. The van der Waals surface area contributed by atoms with E-state index < -0.39 is 11.3 Å². The predicted molar refractivity (Wildman–Crippen MR) is 97.6 cm³/mol. The molecule has 140 valence electrons. The van der Waals surface area contributed by atoms with Crippen LogP contribution in [-0.2, 0) is 14.4 Å². The van der Waals surface area contributed by atoms with Crippen LogP contribution in [0.2, 0.25) is 0 Å². The Bertz CT molecular complexity index is 758. The summed E-state index contributed by atoms with van der Waals surface area (Å²) in [5.74, 6) is -0.527. The summed E-state index contributed by atoms with van der Waals surface area (Å²) in [5.41, 5.74) is -0.448. The van der Waals surface area contributed by atoms with Crippen molar-refractivity contribution in [3.05, 3.63) is 24.3 Å². The largest absolute Gasteiger partial charge is 0.492 e. The molecule has 0 spiro atoms. The fourth-order valence-corrected chi connectivity index (χ4v) is 4.24. The summed E-state index contributed by atoms with van der Waals surface area (Å²) >= 11 is 0. The highest BCUT2D eigenvalue weighted by atomic mass is 16.5. The number of carbonyl (C=O) groups excluding carboxylic acids is 3. The molecule has 1 saturated heterocycles. The second kappa shape index (κ2) is 6.41. The van der Waals surface area contributed by atoms with E-state index in [0.29, 0.717) is 30.9 Å². The minimum Gasteiger partial charge on any atom is -0.492 e. The number of piperidine rings is 1. The van der Waals surface area contributed by atoms with Crippen LogP contribution in [0.3, 0.4) is 0 Å². The van der Waals surface area contributed by atoms with Gasteiger partial charge in [-0.3, -0.25) is 19.3 Å². The second-order valence-electron chi connectivity index (χ2n) is 7.85. The van der Waals surface area contributed by atoms with Gasteiger partial charge in [-0.25, -0.2) is 0 Å². The molecule has 0 aromatic heterocycles. The van der Waals surface area contributed by atoms with E-state index in [2.05, 4.69) is 5.32 Å². The van der Waals surface area contributed by atoms with Gasteiger partial charge in [-0.2, -0.15) is 0 Å². The lowest BCUT2D eigenvalue weighted by molar-refractivity contribution is -0.168. The van der Waals surface area contributed by atoms with Crippen molar-refractivity contribution in [1.82, 2.24) is 4.90 Å². The van der Waals surface area contributed by atoms with Crippen molar-refractivity contribution >= 4 is 23.4 Å². The smallest absolute Gasteiger partial charge is 0.244 e. The van der Waals surface area contributed by atoms with Gasteiger partial charge in [0.2, 0.25) is 17.7 Å². The number of hydrogen-bond donors (Lipinski definition) is 1. The molecule has 1 aliphatic heterocycles. The first kappa shape index (κ1) is 18.4. The Labute approximate surface area is 153 Å². The first-order valence-corrected chi connectivity index (χ1v) is 9.10. The Morgan fingerprint density at radius 1 is 1.27 bits per heavy atom. The van der Waals surface area contributed by atoms with Gasteiger partial charge in [-0.1, -0.05) is 32.9 Å². The first-order chi connectivity index (χ1) is 12.2. The van der Waals surface area contributed by atoms with Gasteiger partial charge in [0.1, 0.15) is 12.3 Å². The molecule has 1 aromatic rings. The van der Waals surface area contributed by atoms with Gasteiger partial charge in [-0.15, -0.1) is 0 Å². The minimum absolute atomic E-state index is 0.214. The van der Waals surface area contributed by atoms with Crippen molar-refractivity contribution in [1.29, 1.82) is 0 Å². The van der Waals surface area contributed by atoms with E-state index in [9.17, 15) is 14.4 Å². The molecule has 2 unspecified atom stereocenters. The van der Waals surface area contributed by atoms with Crippen LogP contribution in [0.1, 0.15) is 40.5 Å². The summed E-state index contributed by atoms with van der Waals surface area (Å²) in [6.07, 6.45) is 1.37. The minimum atomic E-state index is -0.602. The third kappa shape index (κ3) is 2.68. The second-order valence-corrected chi connectivity index (χ2v) is 7.85. The molecule has 0 radical (unpaired) electrons. The molecule has 1 saturated carbocycles. The topological polar surface area (TPSA) is 75.7 Å². The Morgan fingerprint density at radius 2 is 1.96 bits per heavy atom. The molecule has 6 heteroatoms. The average Bonchev–Trinajstić information content (AvgIpc) is 2.78. The number of carbonyl (C=O) groups is 3. The van der Waals surface area contributed by atoms with E-state index in [1.807, 2.05) is 33.8 Å². The number of anilines is 1. The lowest BCUT2D eigenvalue weighted by atomic mass is 9.62. The first-order valence-electron chi connectivity index (χ1n) is 9.10. The molecular formula is C20H26N2O4. The van der Waals surface area contributed by atoms with Gasteiger partial charge in [0.15, 0.2) is 0 Å². The van der Waals surface area contributed by atoms with Gasteiger partial charge in [0, 0.05) is 5.92 Å². The van der Waals surface area contributed by atoms with Crippen LogP contribution < -0.4 is 10.1 Å². The Hall–Kier alpha value is -2.37. The number of para-hydroxylation sites is 2. The van der Waals surface area contributed by atoms with Crippen molar-refractivity contribution in [2.24, 2.45) is 16.7 Å². The fraction of sp³-hybridized carbons (Fsp3) is 0.550. The molecule has 3 rings (SSSR count). The molecule has 2 atom stereocenters. The van der Waals surface area contributed by atoms with Crippen molar-refractivity contribution in [3.8, 4) is 5.75 Å². The van der Waals surface area contributed by atoms with Crippen LogP contribution in [0.15, 0.2) is 24.3 Å². The highest BCUT2D eigenvalue weighted by Gasteiger charge is 2.64. The Morgan fingerprint density at radius 3 is 2.65 bits per heavy atom. The van der Waals surface area contributed by atoms with E-state index in [1.54, 1.807) is 18.2 Å². The number of ether oxygens (including phenoxy) is 1. The van der Waals surface area contributed by atoms with Gasteiger partial charge in [-0.05, 0) is 37.3 Å². The summed E-state index contributed by atoms with van der Waals surface area (Å²) in [6, 6.07) is 7.11. The molecular weight excluding hydrogens is 332 g/mol. The molecule has 2 fully saturated rings. The van der Waals surface area contributed by atoms with Crippen LogP contribution in [0.4, 0.5) is 5.69 Å². The molecule has 1 aliphatic carbocycles. The predicted octanol–water partition coefficient (Wildman–Crippen LogP) is 2.84. The van der Waals surface area contributed by atoms with Crippen LogP contribution in [0, 0.1) is 16.7 Å². The SMILES string of the molecule is CCOc1ccccc1NC(=O)CN1C(=O)C2CCC(C)(C1=O)C2(C)C. The van der Waals surface area contributed by atoms with Crippen LogP contribution >= 0.6 is 0 Å². The van der Waals surface area contributed by atoms with E-state index in [4.69, 9.17) is 4.74 Å². The number of imide groups is 1. The number of rotatable bonds is 5. The summed E-state index contributed by atoms with van der Waals surface area (Å²) in [7, 11) is 0. The normalized spacial score (nSPS) is 26.8. The van der Waals surface area contributed by atoms with Crippen molar-refractivity contribution in [2.45, 2.75) is 40.5 Å². The third-order valence-electron chi connectivity index (χ3n) is 6.27. The number of likely N-dealkylation sites (tertiary alicyclic amines) is 1. The Balaban J connectivity index is 1.76. The van der Waals surface area contributed by atoms with E-state index in [0.717, 1.165) is 4.90 Å². The summed E-state index contributed by atoms with van der Waals surface area (Å²) in [5, 5.41) is 2.76. The molecule has 1 N–H and O–H groups in total. The monoisotopic (exact) mass is 358 g/mol. The number of fused-ring (bicyclic) bond motifs is 2. The van der Waals surface area contributed by atoms with Crippen LogP contribution in [0.5, 0.6) is 5.75 Å². The molecule has 3 amide bonds. The van der Waals surface area contributed by atoms with Crippen LogP contribution in [0.25, 0.3) is 0 Å². The summed E-state index contributed by atoms with van der Waals surface area (Å²) < 4.78 is 5.50. The number of nitrogens with zero attached hydrogens (tertiary/aromatic N) is 1. The molecule has 2 bridgehead atoms. The molecule has 26 heavy (non-hydrogen) atoms. The van der Waals surface area contributed by atoms with Crippen molar-refractivity contribution < 1.29 is 19.1 Å². The van der Waals surface area contributed by atoms with Crippen molar-refractivity contribution in [3.63, 3.8) is 0 Å². The van der Waals surface area contributed by atoms with Gasteiger partial charge in [0.25, 0.3) is 0 Å².